The molecule has 1 N–H and O–H groups in total. The van der Waals surface area contributed by atoms with Gasteiger partial charge in [0.05, 0.1) is 12.2 Å². The molecule has 0 aromatic heterocycles. The fraction of sp³-hybridized carbons (Fsp3) is 0.464. The molecule has 0 saturated heterocycles. The minimum Gasteiger partial charge on any atom is -0.493 e. The average molecular weight is 433 g/mol. The second kappa shape index (κ2) is 8.74. The van der Waals surface area contributed by atoms with Crippen molar-refractivity contribution in [2.24, 2.45) is 17.8 Å². The molecule has 4 aliphatic carbocycles. The van der Waals surface area contributed by atoms with Crippen LogP contribution in [0.1, 0.15) is 66.4 Å². The first-order valence-electron chi connectivity index (χ1n) is 11.9. The van der Waals surface area contributed by atoms with Crippen molar-refractivity contribution >= 4 is 12.0 Å². The maximum absolute atomic E-state index is 12.8. The highest BCUT2D eigenvalue weighted by molar-refractivity contribution is 5.94. The molecule has 32 heavy (non-hydrogen) atoms. The Morgan fingerprint density at radius 2 is 1.75 bits per heavy atom. The van der Waals surface area contributed by atoms with E-state index in [1.807, 2.05) is 30.3 Å². The van der Waals surface area contributed by atoms with E-state index in [2.05, 4.69) is 12.6 Å². The molecule has 0 amide bonds. The van der Waals surface area contributed by atoms with E-state index >= 15 is 0 Å². The number of aliphatic hydroxyl groups is 1. The van der Waals surface area contributed by atoms with Crippen molar-refractivity contribution < 1.29 is 19.4 Å². The Morgan fingerprint density at radius 3 is 2.41 bits per heavy atom. The van der Waals surface area contributed by atoms with Gasteiger partial charge in [-0.05, 0) is 79.4 Å². The molecule has 4 heteroatoms. The molecule has 6 rings (SSSR count). The number of rotatable bonds is 8. The third kappa shape index (κ3) is 3.97. The van der Waals surface area contributed by atoms with Crippen molar-refractivity contribution in [3.05, 3.63) is 65.7 Å². The van der Waals surface area contributed by atoms with Gasteiger partial charge in [-0.1, -0.05) is 36.9 Å². The number of carbonyl (C=O) groups excluding carboxylic acids is 1. The minimum absolute atomic E-state index is 0.0969. The SMILES string of the molecule is C=Cc1ccccc1C(=O)Oc1ccc(C23CC4CC(CC(C4)C2)C3)c(OCCCO)c1. The van der Waals surface area contributed by atoms with E-state index < -0.39 is 5.97 Å². The van der Waals surface area contributed by atoms with Gasteiger partial charge in [-0.2, -0.15) is 0 Å². The molecule has 4 nitrogen and oxygen atoms in total. The van der Waals surface area contributed by atoms with E-state index in [1.165, 1.54) is 44.1 Å². The number of aliphatic hydroxyl groups excluding tert-OH is 1. The summed E-state index contributed by atoms with van der Waals surface area (Å²) >= 11 is 0. The summed E-state index contributed by atoms with van der Waals surface area (Å²) in [4.78, 5) is 12.8. The van der Waals surface area contributed by atoms with E-state index in [0.717, 1.165) is 29.1 Å². The Morgan fingerprint density at radius 1 is 1.06 bits per heavy atom. The van der Waals surface area contributed by atoms with Gasteiger partial charge in [0.2, 0.25) is 0 Å². The molecule has 0 heterocycles. The fourth-order valence-corrected chi connectivity index (χ4v) is 6.83. The van der Waals surface area contributed by atoms with Gasteiger partial charge in [-0.3, -0.25) is 0 Å². The molecular formula is C28H32O4. The van der Waals surface area contributed by atoms with Gasteiger partial charge in [0.25, 0.3) is 0 Å². The maximum Gasteiger partial charge on any atom is 0.344 e. The Kier molecular flexibility index (Phi) is 5.81. The standard InChI is InChI=1S/C28H32O4/c1-2-22-6-3-4-7-24(22)27(30)32-23-8-9-25(26(15-23)31-11-5-10-29)28-16-19-12-20(17-28)14-21(13-19)18-28/h2-4,6-9,15,19-21,29H,1,5,10-14,16-18H2. The zero-order chi connectivity index (χ0) is 22.1. The molecule has 4 aliphatic rings. The number of carbonyl (C=O) groups is 1. The molecule has 2 aromatic rings. The highest BCUT2D eigenvalue weighted by atomic mass is 16.5. The highest BCUT2D eigenvalue weighted by Crippen LogP contribution is 2.62. The predicted molar refractivity (Wildman–Crippen MR) is 125 cm³/mol. The lowest BCUT2D eigenvalue weighted by Crippen LogP contribution is -2.48. The Hall–Kier alpha value is -2.59. The van der Waals surface area contributed by atoms with Crippen molar-refractivity contribution in [2.75, 3.05) is 13.2 Å². The van der Waals surface area contributed by atoms with E-state index in [9.17, 15) is 9.90 Å². The summed E-state index contributed by atoms with van der Waals surface area (Å²) < 4.78 is 11.9. The number of ether oxygens (including phenoxy) is 2. The zero-order valence-electron chi connectivity index (χ0n) is 18.6. The van der Waals surface area contributed by atoms with Gasteiger partial charge in [0.15, 0.2) is 0 Å². The van der Waals surface area contributed by atoms with Crippen molar-refractivity contribution in [2.45, 2.75) is 50.4 Å². The molecule has 4 fully saturated rings. The molecule has 0 unspecified atom stereocenters. The summed E-state index contributed by atoms with van der Waals surface area (Å²) in [6.07, 6.45) is 10.1. The van der Waals surface area contributed by atoms with Crippen LogP contribution in [0.3, 0.4) is 0 Å². The first-order chi connectivity index (χ1) is 15.6. The first-order valence-corrected chi connectivity index (χ1v) is 11.9. The minimum atomic E-state index is -0.399. The van der Waals surface area contributed by atoms with Crippen LogP contribution < -0.4 is 9.47 Å². The van der Waals surface area contributed by atoms with Crippen LogP contribution >= 0.6 is 0 Å². The number of hydrogen-bond donors (Lipinski definition) is 1. The zero-order valence-corrected chi connectivity index (χ0v) is 18.6. The molecule has 0 atom stereocenters. The number of esters is 1. The van der Waals surface area contributed by atoms with Crippen molar-refractivity contribution in [1.82, 2.24) is 0 Å². The molecule has 0 aliphatic heterocycles. The van der Waals surface area contributed by atoms with Crippen LogP contribution in [-0.2, 0) is 5.41 Å². The molecule has 4 saturated carbocycles. The Balaban J connectivity index is 1.44. The quantitative estimate of drug-likeness (QED) is 0.326. The Labute approximate surface area is 190 Å². The number of benzene rings is 2. The summed E-state index contributed by atoms with van der Waals surface area (Å²) in [5.74, 6) is 3.40. The van der Waals surface area contributed by atoms with Gasteiger partial charge in [0, 0.05) is 24.7 Å². The molecule has 0 radical (unpaired) electrons. The van der Waals surface area contributed by atoms with E-state index in [4.69, 9.17) is 9.47 Å². The van der Waals surface area contributed by atoms with Gasteiger partial charge in [-0.25, -0.2) is 4.79 Å². The van der Waals surface area contributed by atoms with Crippen LogP contribution in [0.5, 0.6) is 11.5 Å². The van der Waals surface area contributed by atoms with E-state index in [1.54, 1.807) is 12.1 Å². The number of hydrogen-bond acceptors (Lipinski definition) is 4. The van der Waals surface area contributed by atoms with Crippen LogP contribution in [0.25, 0.3) is 6.08 Å². The molecule has 2 aromatic carbocycles. The predicted octanol–water partition coefficient (Wildman–Crippen LogP) is 5.78. The molecule has 168 valence electrons. The van der Waals surface area contributed by atoms with Crippen LogP contribution in [0.2, 0.25) is 0 Å². The summed E-state index contributed by atoms with van der Waals surface area (Å²) in [6.45, 7) is 4.34. The van der Waals surface area contributed by atoms with Crippen LogP contribution in [-0.4, -0.2) is 24.3 Å². The second-order valence-corrected chi connectivity index (χ2v) is 9.96. The molecular weight excluding hydrogens is 400 g/mol. The fourth-order valence-electron chi connectivity index (χ4n) is 6.83. The smallest absolute Gasteiger partial charge is 0.344 e. The highest BCUT2D eigenvalue weighted by Gasteiger charge is 2.52. The summed E-state index contributed by atoms with van der Waals surface area (Å²) in [5.41, 5.74) is 2.69. The van der Waals surface area contributed by atoms with Crippen LogP contribution in [0, 0.1) is 17.8 Å². The summed E-state index contributed by atoms with van der Waals surface area (Å²) in [7, 11) is 0. The lowest BCUT2D eigenvalue weighted by molar-refractivity contribution is -0.00643. The van der Waals surface area contributed by atoms with Gasteiger partial charge >= 0.3 is 5.97 Å². The second-order valence-electron chi connectivity index (χ2n) is 9.96. The van der Waals surface area contributed by atoms with Crippen molar-refractivity contribution in [1.29, 1.82) is 0 Å². The first kappa shape index (κ1) is 21.3. The van der Waals surface area contributed by atoms with Crippen LogP contribution in [0.15, 0.2) is 49.0 Å². The average Bonchev–Trinajstić information content (AvgIpc) is 2.78. The van der Waals surface area contributed by atoms with E-state index in [-0.39, 0.29) is 12.0 Å². The monoisotopic (exact) mass is 432 g/mol. The topological polar surface area (TPSA) is 55.8 Å². The Bertz CT molecular complexity index is 973. The van der Waals surface area contributed by atoms with Gasteiger partial charge < -0.3 is 14.6 Å². The summed E-state index contributed by atoms with van der Waals surface area (Å²) in [5, 5.41) is 9.24. The van der Waals surface area contributed by atoms with Gasteiger partial charge in [0.1, 0.15) is 11.5 Å². The maximum atomic E-state index is 12.8. The largest absolute Gasteiger partial charge is 0.493 e. The van der Waals surface area contributed by atoms with Crippen LogP contribution in [0.4, 0.5) is 0 Å². The lowest BCUT2D eigenvalue weighted by Gasteiger charge is -2.57. The third-order valence-electron chi connectivity index (χ3n) is 7.73. The van der Waals surface area contributed by atoms with Gasteiger partial charge in [-0.15, -0.1) is 0 Å². The lowest BCUT2D eigenvalue weighted by atomic mass is 9.48. The third-order valence-corrected chi connectivity index (χ3v) is 7.73. The van der Waals surface area contributed by atoms with Crippen molar-refractivity contribution in [3.8, 4) is 11.5 Å². The van der Waals surface area contributed by atoms with Crippen molar-refractivity contribution in [3.63, 3.8) is 0 Å². The summed E-state index contributed by atoms with van der Waals surface area (Å²) in [6, 6.07) is 13.2. The normalized spacial score (nSPS) is 27.8. The van der Waals surface area contributed by atoms with E-state index in [0.29, 0.717) is 24.3 Å². The molecule has 0 spiro atoms. The molecule has 4 bridgehead atoms.